The summed E-state index contributed by atoms with van der Waals surface area (Å²) in [6, 6.07) is 1.61. The molecule has 0 N–H and O–H groups in total. The third-order valence-electron chi connectivity index (χ3n) is 1.51. The van der Waals surface area contributed by atoms with E-state index in [0.29, 0.717) is 11.4 Å². The van der Waals surface area contributed by atoms with Gasteiger partial charge in [-0.25, -0.2) is 4.68 Å². The molecule has 1 rings (SSSR count). The van der Waals surface area contributed by atoms with Crippen molar-refractivity contribution in [3.8, 4) is 12.3 Å². The predicted molar refractivity (Wildman–Crippen MR) is 55.2 cm³/mol. The number of carbonyl (C=O) groups is 1. The molecule has 0 atom stereocenters. The molecule has 0 aliphatic heterocycles. The van der Waals surface area contributed by atoms with E-state index in [-0.39, 0.29) is 6.54 Å². The van der Waals surface area contributed by atoms with Gasteiger partial charge >= 0.3 is 5.91 Å². The molecule has 70 valence electrons. The number of rotatable bonds is 2. The first kappa shape index (κ1) is 10.3. The lowest BCUT2D eigenvalue weighted by atomic mass is 10.3. The fourth-order valence-corrected chi connectivity index (χ4v) is 1.11. The number of thiocarbonyl (C=S) groups is 1. The van der Waals surface area contributed by atoms with Crippen LogP contribution < -0.4 is 0 Å². The summed E-state index contributed by atoms with van der Waals surface area (Å²) in [5, 5.41) is 6.05. The summed E-state index contributed by atoms with van der Waals surface area (Å²) in [5.41, 5.74) is 1.04. The standard InChI is InChI=1S/C9H7N3OS/c1-3-4-12-8(5-7(2)11-12)9(13)10-6-14/h1,5H,4H2,2H3. The van der Waals surface area contributed by atoms with Gasteiger partial charge in [-0.15, -0.1) is 6.42 Å². The molecule has 0 aliphatic carbocycles. The Hall–Kier alpha value is -1.76. The number of hydrogen-bond acceptors (Lipinski definition) is 3. The highest BCUT2D eigenvalue weighted by Gasteiger charge is 2.11. The number of aromatic nitrogens is 2. The quantitative estimate of drug-likeness (QED) is 0.412. The van der Waals surface area contributed by atoms with Gasteiger partial charge in [0.2, 0.25) is 0 Å². The van der Waals surface area contributed by atoms with Crippen molar-refractivity contribution in [1.82, 2.24) is 9.78 Å². The molecule has 0 saturated carbocycles. The van der Waals surface area contributed by atoms with Crippen molar-refractivity contribution in [2.75, 3.05) is 0 Å². The van der Waals surface area contributed by atoms with Gasteiger partial charge in [0.05, 0.1) is 10.9 Å². The van der Waals surface area contributed by atoms with Crippen LogP contribution in [0.25, 0.3) is 0 Å². The van der Waals surface area contributed by atoms with Crippen molar-refractivity contribution in [2.24, 2.45) is 4.99 Å². The Labute approximate surface area is 86.6 Å². The Kier molecular flexibility index (Phi) is 3.29. The van der Waals surface area contributed by atoms with Crippen LogP contribution in [0, 0.1) is 19.3 Å². The van der Waals surface area contributed by atoms with Crippen LogP contribution in [0.3, 0.4) is 0 Å². The summed E-state index contributed by atoms with van der Waals surface area (Å²) < 4.78 is 1.41. The van der Waals surface area contributed by atoms with Gasteiger partial charge in [-0.05, 0) is 25.2 Å². The minimum Gasteiger partial charge on any atom is -0.264 e. The van der Waals surface area contributed by atoms with E-state index in [1.165, 1.54) is 4.68 Å². The van der Waals surface area contributed by atoms with Gasteiger partial charge < -0.3 is 0 Å². The average molecular weight is 205 g/mol. The van der Waals surface area contributed by atoms with Crippen LogP contribution in [0.15, 0.2) is 11.1 Å². The second-order valence-corrected chi connectivity index (χ2v) is 2.72. The maximum Gasteiger partial charge on any atom is 0.304 e. The molecule has 14 heavy (non-hydrogen) atoms. The zero-order chi connectivity index (χ0) is 10.6. The highest BCUT2D eigenvalue weighted by molar-refractivity contribution is 7.78. The van der Waals surface area contributed by atoms with Crippen LogP contribution in [0.5, 0.6) is 0 Å². The van der Waals surface area contributed by atoms with E-state index >= 15 is 0 Å². The molecular formula is C9H7N3OS. The topological polar surface area (TPSA) is 47.2 Å². The Morgan fingerprint density at radius 2 is 2.57 bits per heavy atom. The maximum absolute atomic E-state index is 11.3. The second kappa shape index (κ2) is 4.47. The van der Waals surface area contributed by atoms with Crippen LogP contribution in [-0.2, 0) is 6.54 Å². The molecule has 1 aromatic rings. The fourth-order valence-electron chi connectivity index (χ4n) is 1.02. The van der Waals surface area contributed by atoms with Crippen LogP contribution in [-0.4, -0.2) is 20.8 Å². The smallest absolute Gasteiger partial charge is 0.264 e. The molecule has 0 saturated heterocycles. The number of aliphatic imine (C=N–C) groups is 1. The zero-order valence-corrected chi connectivity index (χ0v) is 8.34. The number of nitrogens with zero attached hydrogens (tertiary/aromatic N) is 3. The van der Waals surface area contributed by atoms with Crippen molar-refractivity contribution in [3.63, 3.8) is 0 Å². The van der Waals surface area contributed by atoms with E-state index in [1.54, 1.807) is 13.0 Å². The van der Waals surface area contributed by atoms with Crippen molar-refractivity contribution >= 4 is 23.3 Å². The maximum atomic E-state index is 11.3. The fraction of sp³-hybridized carbons (Fsp3) is 0.222. The first-order valence-electron chi connectivity index (χ1n) is 3.79. The highest BCUT2D eigenvalue weighted by Crippen LogP contribution is 2.04. The SMILES string of the molecule is C#CCn1nc(C)cc1C(=O)N=C=S. The Morgan fingerprint density at radius 1 is 1.86 bits per heavy atom. The lowest BCUT2D eigenvalue weighted by Crippen LogP contribution is -2.07. The zero-order valence-electron chi connectivity index (χ0n) is 7.52. The van der Waals surface area contributed by atoms with Crippen molar-refractivity contribution in [3.05, 3.63) is 17.5 Å². The Bertz CT molecular complexity index is 449. The number of amides is 1. The molecule has 0 aliphatic rings. The lowest BCUT2D eigenvalue weighted by molar-refractivity contribution is 0.0994. The summed E-state index contributed by atoms with van der Waals surface area (Å²) >= 11 is 4.34. The molecule has 0 aromatic carbocycles. The van der Waals surface area contributed by atoms with Gasteiger partial charge in [0.25, 0.3) is 0 Å². The lowest BCUT2D eigenvalue weighted by Gasteiger charge is -1.97. The van der Waals surface area contributed by atoms with E-state index in [9.17, 15) is 4.79 Å². The molecule has 0 unspecified atom stereocenters. The van der Waals surface area contributed by atoms with E-state index in [1.807, 2.05) is 5.16 Å². The average Bonchev–Trinajstić information content (AvgIpc) is 2.48. The summed E-state index contributed by atoms with van der Waals surface area (Å²) in [7, 11) is 0. The van der Waals surface area contributed by atoms with Gasteiger partial charge in [-0.1, -0.05) is 5.92 Å². The molecule has 0 fully saturated rings. The molecule has 5 heteroatoms. The first-order chi connectivity index (χ1) is 6.69. The van der Waals surface area contributed by atoms with Crippen molar-refractivity contribution in [1.29, 1.82) is 0 Å². The van der Waals surface area contributed by atoms with E-state index < -0.39 is 5.91 Å². The van der Waals surface area contributed by atoms with E-state index in [4.69, 9.17) is 6.42 Å². The summed E-state index contributed by atoms with van der Waals surface area (Å²) in [5.74, 6) is 1.92. The molecule has 0 radical (unpaired) electrons. The first-order valence-corrected chi connectivity index (χ1v) is 4.20. The van der Waals surface area contributed by atoms with Gasteiger partial charge in [0.1, 0.15) is 12.2 Å². The predicted octanol–water partition coefficient (Wildman–Crippen LogP) is 1.07. The molecule has 4 nitrogen and oxygen atoms in total. The number of aryl methyl sites for hydroxylation is 1. The largest absolute Gasteiger partial charge is 0.304 e. The van der Waals surface area contributed by atoms with Crippen LogP contribution in [0.4, 0.5) is 0 Å². The van der Waals surface area contributed by atoms with Crippen LogP contribution in [0.2, 0.25) is 0 Å². The van der Waals surface area contributed by atoms with Crippen molar-refractivity contribution < 1.29 is 4.79 Å². The molecule has 1 amide bonds. The summed E-state index contributed by atoms with van der Waals surface area (Å²) in [4.78, 5) is 14.7. The number of hydrogen-bond donors (Lipinski definition) is 0. The van der Waals surface area contributed by atoms with Gasteiger partial charge in [0.15, 0.2) is 0 Å². The number of isothiocyanates is 1. The van der Waals surface area contributed by atoms with E-state index in [0.717, 1.165) is 0 Å². The van der Waals surface area contributed by atoms with Crippen molar-refractivity contribution in [2.45, 2.75) is 13.5 Å². The number of terminal acetylenes is 1. The summed E-state index contributed by atoms with van der Waals surface area (Å²) in [6.45, 7) is 2.01. The molecule has 0 spiro atoms. The second-order valence-electron chi connectivity index (χ2n) is 2.54. The minimum atomic E-state index is -0.476. The highest BCUT2D eigenvalue weighted by atomic mass is 32.1. The minimum absolute atomic E-state index is 0.238. The Morgan fingerprint density at radius 3 is 3.14 bits per heavy atom. The van der Waals surface area contributed by atoms with Gasteiger partial charge in [-0.3, -0.25) is 4.79 Å². The Balaban J connectivity index is 3.13. The normalized spacial score (nSPS) is 8.86. The van der Waals surface area contributed by atoms with E-state index in [2.05, 4.69) is 28.2 Å². The third kappa shape index (κ3) is 2.13. The third-order valence-corrected chi connectivity index (χ3v) is 1.60. The molecule has 0 bridgehead atoms. The van der Waals surface area contributed by atoms with Gasteiger partial charge in [0, 0.05) is 0 Å². The number of carbonyl (C=O) groups excluding carboxylic acids is 1. The van der Waals surface area contributed by atoms with Crippen LogP contribution in [0.1, 0.15) is 16.2 Å². The summed E-state index contributed by atoms with van der Waals surface area (Å²) in [6.07, 6.45) is 5.12. The molecule has 1 aromatic heterocycles. The van der Waals surface area contributed by atoms with Crippen LogP contribution >= 0.6 is 12.2 Å². The molecule has 1 heterocycles. The monoisotopic (exact) mass is 205 g/mol. The van der Waals surface area contributed by atoms with Gasteiger partial charge in [-0.2, -0.15) is 10.1 Å². The molecular weight excluding hydrogens is 198 g/mol.